The Balaban J connectivity index is 1.62. The maximum absolute atomic E-state index is 14.1. The number of carbonyl (C=O) groups is 1. The molecule has 1 unspecified atom stereocenters. The van der Waals surface area contributed by atoms with Gasteiger partial charge in [0.1, 0.15) is 22.6 Å². The van der Waals surface area contributed by atoms with Gasteiger partial charge in [0.05, 0.1) is 0 Å². The second-order valence-corrected chi connectivity index (χ2v) is 9.33. The van der Waals surface area contributed by atoms with Gasteiger partial charge in [-0.3, -0.25) is 0 Å². The van der Waals surface area contributed by atoms with E-state index in [0.29, 0.717) is 38.6 Å². The molecule has 2 aliphatic heterocycles. The fourth-order valence-corrected chi connectivity index (χ4v) is 4.79. The number of alkyl halides is 3. The molecule has 0 aliphatic carbocycles. The van der Waals surface area contributed by atoms with Gasteiger partial charge in [-0.1, -0.05) is 5.16 Å². The van der Waals surface area contributed by atoms with Gasteiger partial charge in [-0.25, -0.2) is 24.4 Å². The van der Waals surface area contributed by atoms with E-state index in [1.165, 1.54) is 21.7 Å². The van der Waals surface area contributed by atoms with Crippen LogP contribution >= 0.6 is 0 Å². The molecule has 39 heavy (non-hydrogen) atoms. The Kier molecular flexibility index (Phi) is 7.12. The van der Waals surface area contributed by atoms with Crippen molar-refractivity contribution >= 4 is 28.9 Å². The van der Waals surface area contributed by atoms with Crippen molar-refractivity contribution in [3.8, 4) is 11.4 Å². The summed E-state index contributed by atoms with van der Waals surface area (Å²) in [5.41, 5.74) is 4.35. The summed E-state index contributed by atoms with van der Waals surface area (Å²) in [6, 6.07) is 2.51. The minimum Gasteiger partial charge on any atom is -0.465 e. The first kappa shape index (κ1) is 26.4. The Bertz CT molecular complexity index is 1410. The van der Waals surface area contributed by atoms with Crippen molar-refractivity contribution in [2.24, 2.45) is 10.9 Å². The van der Waals surface area contributed by atoms with E-state index in [1.807, 2.05) is 0 Å². The van der Waals surface area contributed by atoms with Crippen molar-refractivity contribution in [1.82, 2.24) is 29.6 Å². The average molecular weight is 550 g/mol. The highest BCUT2D eigenvalue weighted by atomic mass is 19.4. The summed E-state index contributed by atoms with van der Waals surface area (Å²) in [6.45, 7) is 0.970. The molecule has 3 aromatic heterocycles. The molecule has 5 heterocycles. The van der Waals surface area contributed by atoms with Crippen LogP contribution in [-0.4, -0.2) is 77.6 Å². The Hall–Kier alpha value is -4.21. The Morgan fingerprint density at radius 1 is 1.18 bits per heavy atom. The van der Waals surface area contributed by atoms with E-state index in [4.69, 9.17) is 15.7 Å². The van der Waals surface area contributed by atoms with Crippen molar-refractivity contribution in [3.63, 3.8) is 0 Å². The lowest BCUT2D eigenvalue weighted by molar-refractivity contribution is -0.137. The van der Waals surface area contributed by atoms with Gasteiger partial charge in [-0.05, 0) is 44.2 Å². The van der Waals surface area contributed by atoms with Crippen LogP contribution in [0.25, 0.3) is 22.4 Å². The van der Waals surface area contributed by atoms with Gasteiger partial charge in [0, 0.05) is 37.3 Å². The van der Waals surface area contributed by atoms with E-state index in [9.17, 15) is 23.1 Å². The minimum absolute atomic E-state index is 0.0897. The molecular weight excluding hydrogens is 523 g/mol. The number of ether oxygens (including phenoxy) is 1. The molecule has 0 radical (unpaired) electrons. The SMILES string of the molecule is N/C(=N\O)c1ccc2c(-c3nc(N[C@H]4CCCN(C(=O)O)C4)ncc3C(F)(F)F)nn(C3CCCCO3)c2n1. The molecule has 0 bridgehead atoms. The van der Waals surface area contributed by atoms with Gasteiger partial charge in [0.25, 0.3) is 0 Å². The Morgan fingerprint density at radius 2 is 2.00 bits per heavy atom. The van der Waals surface area contributed by atoms with Gasteiger partial charge in [-0.2, -0.15) is 18.3 Å². The number of oxime groups is 1. The lowest BCUT2D eigenvalue weighted by Crippen LogP contribution is -2.44. The number of piperidine rings is 1. The lowest BCUT2D eigenvalue weighted by atomic mass is 10.1. The molecule has 16 heteroatoms. The number of amides is 1. The molecule has 2 aliphatic rings. The number of carboxylic acid groups (broad SMARTS) is 1. The van der Waals surface area contributed by atoms with Crippen molar-refractivity contribution < 1.29 is 33.0 Å². The Morgan fingerprint density at radius 3 is 2.69 bits per heavy atom. The van der Waals surface area contributed by atoms with E-state index in [2.05, 4.69) is 30.5 Å². The lowest BCUT2D eigenvalue weighted by Gasteiger charge is -2.31. The van der Waals surface area contributed by atoms with Crippen LogP contribution in [0, 0.1) is 0 Å². The first-order valence-corrected chi connectivity index (χ1v) is 12.3. The number of anilines is 1. The fourth-order valence-electron chi connectivity index (χ4n) is 4.79. The zero-order valence-electron chi connectivity index (χ0n) is 20.6. The summed E-state index contributed by atoms with van der Waals surface area (Å²) in [6.07, 6.45) is -2.35. The van der Waals surface area contributed by atoms with Gasteiger partial charge >= 0.3 is 12.3 Å². The van der Waals surface area contributed by atoms with Gasteiger partial charge in [0.15, 0.2) is 17.7 Å². The van der Waals surface area contributed by atoms with Gasteiger partial charge in [-0.15, -0.1) is 0 Å². The molecule has 2 saturated heterocycles. The topological polar surface area (TPSA) is 177 Å². The first-order chi connectivity index (χ1) is 18.7. The van der Waals surface area contributed by atoms with Crippen LogP contribution in [0.3, 0.4) is 0 Å². The second kappa shape index (κ2) is 10.5. The monoisotopic (exact) mass is 549 g/mol. The van der Waals surface area contributed by atoms with Crippen molar-refractivity contribution in [1.29, 1.82) is 0 Å². The molecule has 0 spiro atoms. The first-order valence-electron chi connectivity index (χ1n) is 12.3. The highest BCUT2D eigenvalue weighted by molar-refractivity contribution is 5.99. The molecule has 13 nitrogen and oxygen atoms in total. The normalized spacial score (nSPS) is 20.8. The van der Waals surface area contributed by atoms with E-state index in [1.54, 1.807) is 0 Å². The number of amidine groups is 1. The summed E-state index contributed by atoms with van der Waals surface area (Å²) >= 11 is 0. The van der Waals surface area contributed by atoms with Crippen LogP contribution in [0.1, 0.15) is 49.6 Å². The molecular formula is C23H26F3N9O4. The molecule has 2 atom stereocenters. The molecule has 208 valence electrons. The van der Waals surface area contributed by atoms with Crippen molar-refractivity contribution in [2.45, 2.75) is 50.6 Å². The number of halogens is 3. The second-order valence-electron chi connectivity index (χ2n) is 9.33. The molecule has 5 N–H and O–H groups in total. The van der Waals surface area contributed by atoms with Crippen LogP contribution in [-0.2, 0) is 10.9 Å². The zero-order valence-corrected chi connectivity index (χ0v) is 20.6. The Labute approximate surface area is 219 Å². The number of nitrogens with two attached hydrogens (primary N) is 1. The summed E-state index contributed by atoms with van der Waals surface area (Å²) < 4.78 is 49.6. The van der Waals surface area contributed by atoms with Crippen LogP contribution in [0.2, 0.25) is 0 Å². The third kappa shape index (κ3) is 5.36. The number of pyridine rings is 1. The van der Waals surface area contributed by atoms with Crippen molar-refractivity contribution in [2.75, 3.05) is 25.0 Å². The van der Waals surface area contributed by atoms with E-state index >= 15 is 0 Å². The van der Waals surface area contributed by atoms with Crippen LogP contribution in [0.15, 0.2) is 23.5 Å². The number of hydrogen-bond donors (Lipinski definition) is 4. The van der Waals surface area contributed by atoms with E-state index < -0.39 is 29.8 Å². The van der Waals surface area contributed by atoms with Crippen LogP contribution in [0.4, 0.5) is 23.9 Å². The maximum atomic E-state index is 14.1. The third-order valence-corrected chi connectivity index (χ3v) is 6.70. The maximum Gasteiger partial charge on any atom is 0.420 e. The number of likely N-dealkylation sites (tertiary alicyclic amines) is 1. The predicted molar refractivity (Wildman–Crippen MR) is 131 cm³/mol. The van der Waals surface area contributed by atoms with E-state index in [0.717, 1.165) is 12.8 Å². The molecule has 0 aromatic carbocycles. The van der Waals surface area contributed by atoms with Crippen molar-refractivity contribution in [3.05, 3.63) is 29.6 Å². The number of nitrogens with one attached hydrogen (secondary N) is 1. The third-order valence-electron chi connectivity index (χ3n) is 6.70. The number of hydrogen-bond acceptors (Lipinski definition) is 9. The van der Waals surface area contributed by atoms with E-state index in [-0.39, 0.29) is 46.8 Å². The molecule has 5 rings (SSSR count). The van der Waals surface area contributed by atoms with Gasteiger partial charge in [0.2, 0.25) is 5.95 Å². The molecule has 2 fully saturated rings. The zero-order chi connectivity index (χ0) is 27.7. The standard InChI is InChI=1S/C23H26F3N9O4/c24-23(25,26)14-10-28-21(29-12-4-3-8-34(11-12)22(36)37)31-18(14)17-13-6-7-15(19(27)33-38)30-20(13)35(32-17)16-5-1-2-9-39-16/h6-7,10,12,16,38H,1-5,8-9,11H2,(H2,27,33)(H,36,37)(H,28,29,31)/t12-,16?/m0/s1. The smallest absolute Gasteiger partial charge is 0.420 e. The number of nitrogens with zero attached hydrogens (tertiary/aromatic N) is 7. The highest BCUT2D eigenvalue weighted by Crippen LogP contribution is 2.39. The molecule has 3 aromatic rings. The summed E-state index contributed by atoms with van der Waals surface area (Å²) in [5, 5.41) is 29.1. The average Bonchev–Trinajstić information content (AvgIpc) is 3.31. The summed E-state index contributed by atoms with van der Waals surface area (Å²) in [7, 11) is 0. The predicted octanol–water partition coefficient (Wildman–Crippen LogP) is 3.26. The summed E-state index contributed by atoms with van der Waals surface area (Å²) in [5.74, 6) is -0.365. The van der Waals surface area contributed by atoms with Crippen LogP contribution < -0.4 is 11.1 Å². The largest absolute Gasteiger partial charge is 0.465 e. The number of fused-ring (bicyclic) bond motifs is 1. The molecule has 0 saturated carbocycles. The minimum atomic E-state index is -4.79. The quantitative estimate of drug-likeness (QED) is 0.160. The van der Waals surface area contributed by atoms with Gasteiger partial charge < -0.3 is 31.0 Å². The fraction of sp³-hybridized carbons (Fsp3) is 0.478. The number of rotatable bonds is 5. The highest BCUT2D eigenvalue weighted by Gasteiger charge is 2.38. The molecule has 1 amide bonds. The summed E-state index contributed by atoms with van der Waals surface area (Å²) in [4.78, 5) is 25.1. The van der Waals surface area contributed by atoms with Crippen LogP contribution in [0.5, 0.6) is 0 Å². The number of aromatic nitrogens is 5.